The molecule has 1 aromatic heterocycles. The molecule has 22 heavy (non-hydrogen) atoms. The van der Waals surface area contributed by atoms with E-state index in [0.717, 1.165) is 10.00 Å². The molecule has 2 atom stereocenters. The molecular formula is C13H22N4O4S. The van der Waals surface area contributed by atoms with Crippen LogP contribution in [0, 0.1) is 12.8 Å². The zero-order chi connectivity index (χ0) is 16.5. The van der Waals surface area contributed by atoms with Crippen molar-refractivity contribution in [2.45, 2.75) is 19.6 Å². The summed E-state index contributed by atoms with van der Waals surface area (Å²) in [6.45, 7) is 2.33. The molecule has 9 heteroatoms. The van der Waals surface area contributed by atoms with Gasteiger partial charge in [0.25, 0.3) is 0 Å². The minimum atomic E-state index is -3.40. The normalized spacial score (nSPS) is 22.5. The third-order valence-corrected chi connectivity index (χ3v) is 5.77. The zero-order valence-corrected chi connectivity index (χ0v) is 13.8. The second kappa shape index (κ2) is 6.35. The van der Waals surface area contributed by atoms with Gasteiger partial charge in [-0.3, -0.25) is 9.48 Å². The molecule has 0 radical (unpaired) electrons. The van der Waals surface area contributed by atoms with Crippen molar-refractivity contribution >= 4 is 15.9 Å². The average Bonchev–Trinajstić information content (AvgIpc) is 2.96. The quantitative estimate of drug-likeness (QED) is 0.739. The number of amides is 1. The highest BCUT2D eigenvalue weighted by molar-refractivity contribution is 7.89. The van der Waals surface area contributed by atoms with Gasteiger partial charge in [0.1, 0.15) is 6.54 Å². The average molecular weight is 330 g/mol. The van der Waals surface area contributed by atoms with E-state index in [2.05, 4.69) is 5.10 Å². The van der Waals surface area contributed by atoms with E-state index in [4.69, 9.17) is 0 Å². The van der Waals surface area contributed by atoms with Crippen LogP contribution in [0.2, 0.25) is 0 Å². The van der Waals surface area contributed by atoms with Crippen molar-refractivity contribution < 1.29 is 18.3 Å². The number of aryl methyl sites for hydroxylation is 1. The lowest BCUT2D eigenvalue weighted by Crippen LogP contribution is -2.34. The maximum Gasteiger partial charge on any atom is 0.244 e. The number of hydrogen-bond acceptors (Lipinski definition) is 5. The van der Waals surface area contributed by atoms with Gasteiger partial charge in [0.2, 0.25) is 15.9 Å². The zero-order valence-electron chi connectivity index (χ0n) is 13.0. The summed E-state index contributed by atoms with van der Waals surface area (Å²) in [5.41, 5.74) is 0.823. The summed E-state index contributed by atoms with van der Waals surface area (Å²) in [5.74, 6) is -0.797. The number of aliphatic hydroxyl groups excluding tert-OH is 1. The first-order valence-corrected chi connectivity index (χ1v) is 8.66. The minimum absolute atomic E-state index is 0.0910. The molecule has 8 nitrogen and oxygen atoms in total. The number of aromatic nitrogens is 2. The van der Waals surface area contributed by atoms with E-state index >= 15 is 0 Å². The van der Waals surface area contributed by atoms with E-state index in [1.54, 1.807) is 12.3 Å². The molecule has 2 heterocycles. The number of hydrogen-bond donors (Lipinski definition) is 1. The van der Waals surface area contributed by atoms with Gasteiger partial charge in [-0.25, -0.2) is 12.7 Å². The Bertz CT molecular complexity index is 640. The van der Waals surface area contributed by atoms with Gasteiger partial charge in [0.05, 0.1) is 17.6 Å². The summed E-state index contributed by atoms with van der Waals surface area (Å²) in [5, 5.41) is 14.2. The molecule has 0 saturated carbocycles. The number of carbonyl (C=O) groups excluding carboxylic acids is 1. The van der Waals surface area contributed by atoms with Crippen molar-refractivity contribution in [2.24, 2.45) is 5.92 Å². The molecular weight excluding hydrogens is 308 g/mol. The van der Waals surface area contributed by atoms with Gasteiger partial charge in [-0.05, 0) is 13.0 Å². The van der Waals surface area contributed by atoms with Crippen molar-refractivity contribution in [1.29, 1.82) is 0 Å². The molecule has 0 aromatic carbocycles. The number of rotatable bonds is 5. The first-order valence-electron chi connectivity index (χ1n) is 7.05. The predicted octanol–water partition coefficient (Wildman–Crippen LogP) is -1.10. The fraction of sp³-hybridized carbons (Fsp3) is 0.692. The van der Waals surface area contributed by atoms with Crippen molar-refractivity contribution in [3.63, 3.8) is 0 Å². The Hall–Kier alpha value is -1.45. The van der Waals surface area contributed by atoms with Crippen molar-refractivity contribution in [3.8, 4) is 0 Å². The number of likely N-dealkylation sites (tertiary alicyclic amines) is 1. The molecule has 1 saturated heterocycles. The van der Waals surface area contributed by atoms with E-state index in [0.29, 0.717) is 0 Å². The topological polar surface area (TPSA) is 95.7 Å². The van der Waals surface area contributed by atoms with E-state index in [1.165, 1.54) is 23.7 Å². The predicted molar refractivity (Wildman–Crippen MR) is 80.5 cm³/mol. The van der Waals surface area contributed by atoms with Gasteiger partial charge in [0.15, 0.2) is 0 Å². The van der Waals surface area contributed by atoms with E-state index in [1.807, 2.05) is 6.92 Å². The monoisotopic (exact) mass is 330 g/mol. The van der Waals surface area contributed by atoms with Gasteiger partial charge in [-0.15, -0.1) is 0 Å². The lowest BCUT2D eigenvalue weighted by molar-refractivity contribution is -0.131. The van der Waals surface area contributed by atoms with Crippen LogP contribution < -0.4 is 0 Å². The first kappa shape index (κ1) is 16.9. The summed E-state index contributed by atoms with van der Waals surface area (Å²) in [6.07, 6.45) is 0.895. The first-order chi connectivity index (χ1) is 10.2. The molecule has 1 aromatic rings. The van der Waals surface area contributed by atoms with Gasteiger partial charge in [-0.2, -0.15) is 5.10 Å². The number of nitrogens with zero attached hydrogens (tertiary/aromatic N) is 4. The van der Waals surface area contributed by atoms with E-state index in [-0.39, 0.29) is 31.3 Å². The van der Waals surface area contributed by atoms with Crippen molar-refractivity contribution in [3.05, 3.63) is 18.0 Å². The van der Waals surface area contributed by atoms with Gasteiger partial charge >= 0.3 is 0 Å². The van der Waals surface area contributed by atoms with Crippen LogP contribution in [-0.4, -0.2) is 77.5 Å². The number of aliphatic hydroxyl groups is 1. The summed E-state index contributed by atoms with van der Waals surface area (Å²) in [7, 11) is -0.485. The molecule has 1 amide bonds. The summed E-state index contributed by atoms with van der Waals surface area (Å²) in [6, 6.07) is 1.80. The highest BCUT2D eigenvalue weighted by Crippen LogP contribution is 2.20. The summed E-state index contributed by atoms with van der Waals surface area (Å²) >= 11 is 0. The van der Waals surface area contributed by atoms with Crippen LogP contribution in [0.1, 0.15) is 5.69 Å². The minimum Gasteiger partial charge on any atom is -0.391 e. The third-order valence-electron chi connectivity index (χ3n) is 3.81. The van der Waals surface area contributed by atoms with Gasteiger partial charge in [0, 0.05) is 39.3 Å². The van der Waals surface area contributed by atoms with Crippen LogP contribution in [0.25, 0.3) is 0 Å². The second-order valence-corrected chi connectivity index (χ2v) is 8.07. The maximum atomic E-state index is 12.2. The molecule has 0 spiro atoms. The fourth-order valence-corrected chi connectivity index (χ4v) is 3.60. The van der Waals surface area contributed by atoms with Crippen LogP contribution in [0.3, 0.4) is 0 Å². The molecule has 2 rings (SSSR count). The Labute approximate surface area is 130 Å². The van der Waals surface area contributed by atoms with Crippen LogP contribution in [0.4, 0.5) is 0 Å². The molecule has 0 aliphatic carbocycles. The fourth-order valence-electron chi connectivity index (χ4n) is 2.43. The van der Waals surface area contributed by atoms with Crippen LogP contribution in [-0.2, 0) is 21.4 Å². The van der Waals surface area contributed by atoms with Crippen molar-refractivity contribution in [1.82, 2.24) is 19.0 Å². The lowest BCUT2D eigenvalue weighted by Gasteiger charge is -2.18. The Morgan fingerprint density at radius 2 is 2.14 bits per heavy atom. The van der Waals surface area contributed by atoms with Gasteiger partial charge in [-0.1, -0.05) is 0 Å². The summed E-state index contributed by atoms with van der Waals surface area (Å²) in [4.78, 5) is 13.7. The Morgan fingerprint density at radius 1 is 1.45 bits per heavy atom. The molecule has 1 N–H and O–H groups in total. The van der Waals surface area contributed by atoms with E-state index in [9.17, 15) is 18.3 Å². The molecule has 124 valence electrons. The molecule has 1 aliphatic heterocycles. The molecule has 1 aliphatic rings. The number of carbonyl (C=O) groups is 1. The Kier molecular flexibility index (Phi) is 4.88. The Balaban J connectivity index is 1.96. The molecule has 1 fully saturated rings. The smallest absolute Gasteiger partial charge is 0.244 e. The van der Waals surface area contributed by atoms with Crippen molar-refractivity contribution in [2.75, 3.05) is 32.9 Å². The third kappa shape index (κ3) is 3.84. The van der Waals surface area contributed by atoms with E-state index < -0.39 is 22.0 Å². The number of sulfonamides is 1. The van der Waals surface area contributed by atoms with Crippen LogP contribution in [0.5, 0.6) is 0 Å². The SMILES string of the molecule is Cc1ccn(CC(=O)N2C[C@@H](CS(=O)(=O)N(C)C)[C@H](O)C2)n1. The Morgan fingerprint density at radius 3 is 2.68 bits per heavy atom. The van der Waals surface area contributed by atoms with Gasteiger partial charge < -0.3 is 10.0 Å². The molecule has 0 unspecified atom stereocenters. The van der Waals surface area contributed by atoms with Crippen LogP contribution in [0.15, 0.2) is 12.3 Å². The standard InChI is InChI=1S/C13H22N4O4S/c1-10-4-5-17(14-10)8-13(19)16-6-11(12(18)7-16)9-22(20,21)15(2)3/h4-5,11-12,18H,6-9H2,1-3H3/t11-,12+/m0/s1. The largest absolute Gasteiger partial charge is 0.391 e. The lowest BCUT2D eigenvalue weighted by atomic mass is 10.1. The highest BCUT2D eigenvalue weighted by atomic mass is 32.2. The number of β-amino-alcohol motifs (C(OH)–C–C–N with tert-alkyl or cyclic N) is 1. The maximum absolute atomic E-state index is 12.2. The van der Waals surface area contributed by atoms with Crippen LogP contribution >= 0.6 is 0 Å². The highest BCUT2D eigenvalue weighted by Gasteiger charge is 2.37. The summed E-state index contributed by atoms with van der Waals surface area (Å²) < 4.78 is 26.5. The second-order valence-electron chi connectivity index (χ2n) is 5.84. The molecule has 0 bridgehead atoms.